The molecule has 0 aliphatic heterocycles. The van der Waals surface area contributed by atoms with Gasteiger partial charge in [-0.2, -0.15) is 0 Å². The monoisotopic (exact) mass is 421 g/mol. The maximum Gasteiger partial charge on any atom is 0.271 e. The lowest BCUT2D eigenvalue weighted by Gasteiger charge is -2.11. The van der Waals surface area contributed by atoms with Crippen LogP contribution in [0.25, 0.3) is 0 Å². The van der Waals surface area contributed by atoms with Crippen molar-refractivity contribution in [1.82, 2.24) is 9.97 Å². The molecule has 9 heteroatoms. The van der Waals surface area contributed by atoms with Gasteiger partial charge in [0.2, 0.25) is 5.88 Å². The summed E-state index contributed by atoms with van der Waals surface area (Å²) in [4.78, 5) is 18.1. The molecule has 0 fully saturated rings. The molecule has 1 aromatic carbocycles. The van der Waals surface area contributed by atoms with Gasteiger partial charge in [-0.3, -0.25) is 10.1 Å². The predicted octanol–water partition coefficient (Wildman–Crippen LogP) is 4.66. The predicted molar refractivity (Wildman–Crippen MR) is 80.3 cm³/mol. The molecule has 0 N–H and O–H groups in total. The molecule has 0 radical (unpaired) electrons. The van der Waals surface area contributed by atoms with Crippen LogP contribution in [-0.2, 0) is 0 Å². The third-order valence-electron chi connectivity index (χ3n) is 2.37. The number of aromatic nitrogens is 2. The Labute approximate surface area is 135 Å². The van der Waals surface area contributed by atoms with Gasteiger partial charge in [0, 0.05) is 17.7 Å². The minimum absolute atomic E-state index is 0.0615. The van der Waals surface area contributed by atoms with Crippen molar-refractivity contribution in [3.05, 3.63) is 48.2 Å². The number of benzene rings is 1. The van der Waals surface area contributed by atoms with Gasteiger partial charge in [-0.15, -0.1) is 0 Å². The Kier molecular flexibility index (Phi) is 4.56. The summed E-state index contributed by atoms with van der Waals surface area (Å²) in [6.45, 7) is 1.71. The van der Waals surface area contributed by atoms with Crippen molar-refractivity contribution in [2.45, 2.75) is 6.92 Å². The quantitative estimate of drug-likeness (QED) is 0.407. The first kappa shape index (κ1) is 15.1. The zero-order chi connectivity index (χ0) is 14.9. The Bertz CT molecular complexity index is 674. The fraction of sp³-hybridized carbons (Fsp3) is 0.0909. The minimum Gasteiger partial charge on any atom is -0.436 e. The highest BCUT2D eigenvalue weighted by atomic mass is 79.9. The van der Waals surface area contributed by atoms with E-state index in [0.29, 0.717) is 20.3 Å². The van der Waals surface area contributed by atoms with Crippen molar-refractivity contribution in [2.24, 2.45) is 0 Å². The molecular formula is C11H6Br2ClN3O3. The van der Waals surface area contributed by atoms with Crippen LogP contribution in [0.4, 0.5) is 5.69 Å². The van der Waals surface area contributed by atoms with E-state index in [1.54, 1.807) is 6.92 Å². The second-order valence-corrected chi connectivity index (χ2v) is 5.76. The normalized spacial score (nSPS) is 10.4. The van der Waals surface area contributed by atoms with E-state index in [0.717, 1.165) is 0 Å². The van der Waals surface area contributed by atoms with Crippen molar-refractivity contribution < 1.29 is 9.66 Å². The van der Waals surface area contributed by atoms with Gasteiger partial charge < -0.3 is 4.74 Å². The third-order valence-corrected chi connectivity index (χ3v) is 3.93. The average molecular weight is 423 g/mol. The molecule has 0 unspecified atom stereocenters. The number of ether oxygens (including phenoxy) is 1. The van der Waals surface area contributed by atoms with Gasteiger partial charge in [0.15, 0.2) is 5.75 Å². The Morgan fingerprint density at radius 2 is 1.90 bits per heavy atom. The van der Waals surface area contributed by atoms with Gasteiger partial charge >= 0.3 is 0 Å². The number of hydrogen-bond donors (Lipinski definition) is 0. The summed E-state index contributed by atoms with van der Waals surface area (Å²) in [7, 11) is 0. The molecule has 1 heterocycles. The van der Waals surface area contributed by atoms with E-state index in [1.165, 1.54) is 18.5 Å². The van der Waals surface area contributed by atoms with Crippen LogP contribution in [0.3, 0.4) is 0 Å². The van der Waals surface area contributed by atoms with Crippen LogP contribution in [0.2, 0.25) is 5.15 Å². The molecule has 0 spiro atoms. The van der Waals surface area contributed by atoms with Gasteiger partial charge in [0.25, 0.3) is 5.69 Å². The topological polar surface area (TPSA) is 78.2 Å². The maximum atomic E-state index is 10.8. The molecule has 6 nitrogen and oxygen atoms in total. The van der Waals surface area contributed by atoms with Crippen LogP contribution in [-0.4, -0.2) is 14.9 Å². The smallest absolute Gasteiger partial charge is 0.271 e. The molecule has 0 bridgehead atoms. The lowest BCUT2D eigenvalue weighted by atomic mass is 10.3. The number of hydrogen-bond acceptors (Lipinski definition) is 5. The van der Waals surface area contributed by atoms with Gasteiger partial charge in [0.05, 0.1) is 13.9 Å². The zero-order valence-electron chi connectivity index (χ0n) is 9.93. The lowest BCUT2D eigenvalue weighted by Crippen LogP contribution is -1.96. The summed E-state index contributed by atoms with van der Waals surface area (Å²) in [6.07, 6.45) is 1.28. The Morgan fingerprint density at radius 1 is 1.30 bits per heavy atom. The van der Waals surface area contributed by atoms with Crippen molar-refractivity contribution in [3.8, 4) is 11.6 Å². The van der Waals surface area contributed by atoms with E-state index in [4.69, 9.17) is 16.3 Å². The molecule has 104 valence electrons. The fourth-order valence-corrected chi connectivity index (χ4v) is 2.81. The Hall–Kier alpha value is -1.25. The van der Waals surface area contributed by atoms with Crippen molar-refractivity contribution in [2.75, 3.05) is 0 Å². The fourth-order valence-electron chi connectivity index (χ4n) is 1.36. The number of halogens is 3. The summed E-state index contributed by atoms with van der Waals surface area (Å²) < 4.78 is 6.48. The number of nitro benzene ring substituents is 1. The molecule has 0 atom stereocenters. The molecule has 0 amide bonds. The molecule has 0 saturated heterocycles. The Morgan fingerprint density at radius 3 is 2.45 bits per heavy atom. The standard InChI is InChI=1S/C11H6Br2ClN3O3/c1-5-10(14)15-4-16-11(5)20-9-7(12)2-6(17(18)19)3-8(9)13/h2-4H,1H3. The van der Waals surface area contributed by atoms with Crippen LogP contribution < -0.4 is 4.74 Å². The third kappa shape index (κ3) is 3.08. The highest BCUT2D eigenvalue weighted by molar-refractivity contribution is 9.11. The number of non-ortho nitro benzene ring substituents is 1. The van der Waals surface area contributed by atoms with E-state index < -0.39 is 4.92 Å². The number of nitro groups is 1. The largest absolute Gasteiger partial charge is 0.436 e. The summed E-state index contributed by atoms with van der Waals surface area (Å²) in [5, 5.41) is 11.0. The van der Waals surface area contributed by atoms with E-state index >= 15 is 0 Å². The van der Waals surface area contributed by atoms with E-state index in [9.17, 15) is 10.1 Å². The van der Waals surface area contributed by atoms with Crippen LogP contribution >= 0.6 is 43.5 Å². The first-order valence-electron chi connectivity index (χ1n) is 5.18. The zero-order valence-corrected chi connectivity index (χ0v) is 13.9. The van der Waals surface area contributed by atoms with Gasteiger partial charge in [0.1, 0.15) is 11.5 Å². The summed E-state index contributed by atoms with van der Waals surface area (Å²) in [5.74, 6) is 0.647. The molecule has 2 rings (SSSR count). The molecule has 0 aliphatic rings. The first-order chi connectivity index (χ1) is 9.40. The van der Waals surface area contributed by atoms with Crippen LogP contribution in [0, 0.1) is 17.0 Å². The Balaban J connectivity index is 2.44. The van der Waals surface area contributed by atoms with Gasteiger partial charge in [-0.1, -0.05) is 11.6 Å². The first-order valence-corrected chi connectivity index (χ1v) is 7.15. The molecule has 1 aromatic heterocycles. The van der Waals surface area contributed by atoms with Crippen molar-refractivity contribution >= 4 is 49.1 Å². The van der Waals surface area contributed by atoms with E-state index in [1.807, 2.05) is 0 Å². The molecule has 2 aromatic rings. The van der Waals surface area contributed by atoms with E-state index in [2.05, 4.69) is 41.8 Å². The summed E-state index contributed by atoms with van der Waals surface area (Å²) >= 11 is 12.3. The lowest BCUT2D eigenvalue weighted by molar-refractivity contribution is -0.385. The molecule has 0 saturated carbocycles. The van der Waals surface area contributed by atoms with Crippen LogP contribution in [0.1, 0.15) is 5.56 Å². The van der Waals surface area contributed by atoms with Crippen LogP contribution in [0.15, 0.2) is 27.4 Å². The van der Waals surface area contributed by atoms with Crippen molar-refractivity contribution in [1.29, 1.82) is 0 Å². The SMILES string of the molecule is Cc1c(Cl)ncnc1Oc1c(Br)cc([N+](=O)[O-])cc1Br. The van der Waals surface area contributed by atoms with Crippen LogP contribution in [0.5, 0.6) is 11.6 Å². The molecule has 20 heavy (non-hydrogen) atoms. The highest BCUT2D eigenvalue weighted by Gasteiger charge is 2.17. The second-order valence-electron chi connectivity index (χ2n) is 3.69. The average Bonchev–Trinajstić information content (AvgIpc) is 2.38. The second kappa shape index (κ2) is 6.02. The molecular weight excluding hydrogens is 417 g/mol. The van der Waals surface area contributed by atoms with Gasteiger partial charge in [-0.25, -0.2) is 9.97 Å². The van der Waals surface area contributed by atoms with Crippen molar-refractivity contribution in [3.63, 3.8) is 0 Å². The summed E-state index contributed by atoms with van der Waals surface area (Å²) in [6, 6.07) is 2.69. The van der Waals surface area contributed by atoms with E-state index in [-0.39, 0.29) is 16.7 Å². The number of rotatable bonds is 3. The summed E-state index contributed by atoms with van der Waals surface area (Å²) in [5.41, 5.74) is 0.514. The maximum absolute atomic E-state index is 10.8. The highest BCUT2D eigenvalue weighted by Crippen LogP contribution is 2.40. The minimum atomic E-state index is -0.494. The number of nitrogens with zero attached hydrogens (tertiary/aromatic N) is 3. The van der Waals surface area contributed by atoms with Gasteiger partial charge in [-0.05, 0) is 38.8 Å². The molecule has 0 aliphatic carbocycles.